The van der Waals surface area contributed by atoms with E-state index >= 15 is 0 Å². The number of amides is 2. The lowest BCUT2D eigenvalue weighted by Crippen LogP contribution is -2.15. The van der Waals surface area contributed by atoms with Gasteiger partial charge in [-0.1, -0.05) is 23.8 Å². The Bertz CT molecular complexity index is 956. The van der Waals surface area contributed by atoms with E-state index in [0.717, 1.165) is 17.0 Å². The van der Waals surface area contributed by atoms with Crippen LogP contribution in [0.25, 0.3) is 0 Å². The summed E-state index contributed by atoms with van der Waals surface area (Å²) in [5.41, 5.74) is 4.78. The molecule has 0 atom stereocenters. The molecular formula is C20H20N4O2. The molecule has 132 valence electrons. The van der Waals surface area contributed by atoms with Crippen LogP contribution in [0.3, 0.4) is 0 Å². The number of rotatable bonds is 4. The highest BCUT2D eigenvalue weighted by atomic mass is 16.2. The molecule has 0 aliphatic rings. The molecule has 3 rings (SSSR count). The number of anilines is 2. The molecule has 3 N–H and O–H groups in total. The number of aromatic nitrogens is 2. The van der Waals surface area contributed by atoms with Gasteiger partial charge in [-0.3, -0.25) is 14.7 Å². The highest BCUT2D eigenvalue weighted by Crippen LogP contribution is 2.19. The fraction of sp³-hybridized carbons (Fsp3) is 0.150. The Morgan fingerprint density at radius 1 is 0.885 bits per heavy atom. The van der Waals surface area contributed by atoms with Crippen molar-refractivity contribution < 1.29 is 9.59 Å². The fourth-order valence-electron chi connectivity index (χ4n) is 2.65. The molecule has 2 amide bonds. The Hall–Kier alpha value is -3.41. The van der Waals surface area contributed by atoms with E-state index in [-0.39, 0.29) is 11.8 Å². The molecular weight excluding hydrogens is 328 g/mol. The van der Waals surface area contributed by atoms with E-state index in [0.29, 0.717) is 22.5 Å². The third-order valence-corrected chi connectivity index (χ3v) is 4.03. The second kappa shape index (κ2) is 7.23. The van der Waals surface area contributed by atoms with E-state index in [1.165, 1.54) is 0 Å². The predicted molar refractivity (Wildman–Crippen MR) is 102 cm³/mol. The summed E-state index contributed by atoms with van der Waals surface area (Å²) >= 11 is 0. The zero-order valence-corrected chi connectivity index (χ0v) is 14.9. The fourth-order valence-corrected chi connectivity index (χ4v) is 2.65. The van der Waals surface area contributed by atoms with Gasteiger partial charge >= 0.3 is 0 Å². The van der Waals surface area contributed by atoms with Gasteiger partial charge in [0.1, 0.15) is 0 Å². The summed E-state index contributed by atoms with van der Waals surface area (Å²) in [6.45, 7) is 5.59. The van der Waals surface area contributed by atoms with Gasteiger partial charge in [0.15, 0.2) is 0 Å². The first-order valence-electron chi connectivity index (χ1n) is 8.25. The van der Waals surface area contributed by atoms with Crippen LogP contribution >= 0.6 is 0 Å². The maximum Gasteiger partial charge on any atom is 0.255 e. The first-order valence-corrected chi connectivity index (χ1v) is 8.25. The Morgan fingerprint density at radius 2 is 1.54 bits per heavy atom. The molecule has 0 aliphatic carbocycles. The Kier molecular flexibility index (Phi) is 4.84. The van der Waals surface area contributed by atoms with Crippen LogP contribution in [0.2, 0.25) is 0 Å². The minimum absolute atomic E-state index is 0.215. The normalized spacial score (nSPS) is 10.4. The second-order valence-corrected chi connectivity index (χ2v) is 6.17. The van der Waals surface area contributed by atoms with Crippen molar-refractivity contribution in [2.45, 2.75) is 20.8 Å². The number of benzene rings is 2. The first kappa shape index (κ1) is 17.4. The number of hydrogen-bond donors (Lipinski definition) is 3. The number of nitrogens with one attached hydrogen (secondary N) is 3. The van der Waals surface area contributed by atoms with Gasteiger partial charge in [0.05, 0.1) is 17.1 Å². The van der Waals surface area contributed by atoms with Crippen molar-refractivity contribution >= 4 is 23.2 Å². The summed E-state index contributed by atoms with van der Waals surface area (Å²) in [5.74, 6) is -0.475. The minimum atomic E-state index is -0.260. The predicted octanol–water partition coefficient (Wildman–Crippen LogP) is 3.84. The van der Waals surface area contributed by atoms with Crippen LogP contribution in [0.5, 0.6) is 0 Å². The van der Waals surface area contributed by atoms with Crippen LogP contribution < -0.4 is 10.6 Å². The van der Waals surface area contributed by atoms with Gasteiger partial charge in [-0.25, -0.2) is 0 Å². The van der Waals surface area contributed by atoms with Crippen LogP contribution in [-0.2, 0) is 0 Å². The SMILES string of the molecule is Cc1cccc(C(=O)Nc2cccc(C(=O)Nc3c(C)n[nH]c3C)c2)c1. The van der Waals surface area contributed by atoms with E-state index in [9.17, 15) is 9.59 Å². The zero-order valence-electron chi connectivity index (χ0n) is 14.9. The number of H-pyrrole nitrogens is 1. The van der Waals surface area contributed by atoms with Crippen molar-refractivity contribution in [1.82, 2.24) is 10.2 Å². The van der Waals surface area contributed by atoms with E-state index in [1.807, 2.05) is 39.0 Å². The van der Waals surface area contributed by atoms with Gasteiger partial charge in [0.2, 0.25) is 0 Å². The second-order valence-electron chi connectivity index (χ2n) is 6.17. The Morgan fingerprint density at radius 3 is 2.19 bits per heavy atom. The molecule has 0 radical (unpaired) electrons. The van der Waals surface area contributed by atoms with E-state index < -0.39 is 0 Å². The van der Waals surface area contributed by atoms with Crippen molar-refractivity contribution in [3.63, 3.8) is 0 Å². The number of hydrogen-bond acceptors (Lipinski definition) is 3. The monoisotopic (exact) mass is 348 g/mol. The lowest BCUT2D eigenvalue weighted by Gasteiger charge is -2.09. The average Bonchev–Trinajstić information content (AvgIpc) is 2.94. The molecule has 0 saturated carbocycles. The molecule has 1 aromatic heterocycles. The largest absolute Gasteiger partial charge is 0.322 e. The molecule has 6 nitrogen and oxygen atoms in total. The number of aromatic amines is 1. The first-order chi connectivity index (χ1) is 12.4. The highest BCUT2D eigenvalue weighted by Gasteiger charge is 2.13. The molecule has 6 heteroatoms. The van der Waals surface area contributed by atoms with Crippen LogP contribution in [0.1, 0.15) is 37.7 Å². The highest BCUT2D eigenvalue weighted by molar-refractivity contribution is 6.07. The summed E-state index contributed by atoms with van der Waals surface area (Å²) in [5, 5.41) is 12.6. The summed E-state index contributed by atoms with van der Waals surface area (Å²) < 4.78 is 0. The van der Waals surface area contributed by atoms with Gasteiger partial charge < -0.3 is 10.6 Å². The quantitative estimate of drug-likeness (QED) is 0.669. The number of carbonyl (C=O) groups is 2. The van der Waals surface area contributed by atoms with Crippen molar-refractivity contribution in [3.8, 4) is 0 Å². The lowest BCUT2D eigenvalue weighted by molar-refractivity contribution is 0.101. The number of carbonyl (C=O) groups excluding carboxylic acids is 2. The molecule has 0 fully saturated rings. The molecule has 0 unspecified atom stereocenters. The van der Waals surface area contributed by atoms with Crippen molar-refractivity contribution in [2.75, 3.05) is 10.6 Å². The molecule has 3 aromatic rings. The Labute approximate surface area is 151 Å². The third kappa shape index (κ3) is 3.80. The zero-order chi connectivity index (χ0) is 18.7. The summed E-state index contributed by atoms with van der Waals surface area (Å²) in [6.07, 6.45) is 0. The van der Waals surface area contributed by atoms with Crippen LogP contribution in [-0.4, -0.2) is 22.0 Å². The molecule has 0 saturated heterocycles. The van der Waals surface area contributed by atoms with Gasteiger partial charge in [-0.2, -0.15) is 5.10 Å². The minimum Gasteiger partial charge on any atom is -0.322 e. The third-order valence-electron chi connectivity index (χ3n) is 4.03. The van der Waals surface area contributed by atoms with E-state index in [4.69, 9.17) is 0 Å². The smallest absolute Gasteiger partial charge is 0.255 e. The summed E-state index contributed by atoms with van der Waals surface area (Å²) in [6, 6.07) is 14.2. The molecule has 1 heterocycles. The maximum atomic E-state index is 12.5. The van der Waals surface area contributed by atoms with Gasteiger partial charge in [-0.05, 0) is 51.1 Å². The van der Waals surface area contributed by atoms with Gasteiger partial charge in [-0.15, -0.1) is 0 Å². The average molecular weight is 348 g/mol. The van der Waals surface area contributed by atoms with Crippen LogP contribution in [0.4, 0.5) is 11.4 Å². The molecule has 2 aromatic carbocycles. The van der Waals surface area contributed by atoms with Crippen LogP contribution in [0, 0.1) is 20.8 Å². The maximum absolute atomic E-state index is 12.5. The van der Waals surface area contributed by atoms with Crippen molar-refractivity contribution in [2.24, 2.45) is 0 Å². The van der Waals surface area contributed by atoms with E-state index in [1.54, 1.807) is 30.3 Å². The van der Waals surface area contributed by atoms with Crippen molar-refractivity contribution in [1.29, 1.82) is 0 Å². The molecule has 0 aliphatic heterocycles. The van der Waals surface area contributed by atoms with Crippen LogP contribution in [0.15, 0.2) is 48.5 Å². The molecule has 26 heavy (non-hydrogen) atoms. The molecule has 0 spiro atoms. The van der Waals surface area contributed by atoms with E-state index in [2.05, 4.69) is 20.8 Å². The Balaban J connectivity index is 1.75. The number of aryl methyl sites for hydroxylation is 3. The molecule has 0 bridgehead atoms. The summed E-state index contributed by atoms with van der Waals surface area (Å²) in [7, 11) is 0. The number of nitrogens with zero attached hydrogens (tertiary/aromatic N) is 1. The van der Waals surface area contributed by atoms with Gasteiger partial charge in [0, 0.05) is 16.8 Å². The lowest BCUT2D eigenvalue weighted by atomic mass is 10.1. The van der Waals surface area contributed by atoms with Crippen molar-refractivity contribution in [3.05, 3.63) is 76.6 Å². The topological polar surface area (TPSA) is 86.9 Å². The summed E-state index contributed by atoms with van der Waals surface area (Å²) in [4.78, 5) is 24.9. The standard InChI is InChI=1S/C20H20N4O2/c1-12-6-4-7-15(10-12)19(25)21-17-9-5-8-16(11-17)20(26)22-18-13(2)23-24-14(18)3/h4-11H,1-3H3,(H,21,25)(H,22,26)(H,23,24). The van der Waals surface area contributed by atoms with Gasteiger partial charge in [0.25, 0.3) is 11.8 Å².